The molecule has 1 amide bonds. The van der Waals surface area contributed by atoms with E-state index >= 15 is 0 Å². The normalized spacial score (nSPS) is 13.2. The first-order valence-electron chi connectivity index (χ1n) is 6.09. The Kier molecular flexibility index (Phi) is 5.73. The predicted octanol–water partition coefficient (Wildman–Crippen LogP) is 4.23. The van der Waals surface area contributed by atoms with Gasteiger partial charge in [-0.1, -0.05) is 19.1 Å². The Labute approximate surface area is 122 Å². The average Bonchev–Trinajstić information content (AvgIpc) is 2.31. The van der Waals surface area contributed by atoms with Crippen molar-refractivity contribution in [3.05, 3.63) is 28.7 Å². The van der Waals surface area contributed by atoms with E-state index in [2.05, 4.69) is 28.2 Å². The van der Waals surface area contributed by atoms with Crippen LogP contribution in [0, 0.1) is 0 Å². The van der Waals surface area contributed by atoms with Crippen molar-refractivity contribution in [2.45, 2.75) is 49.8 Å². The van der Waals surface area contributed by atoms with Crippen LogP contribution in [0.5, 0.6) is 0 Å². The van der Waals surface area contributed by atoms with Gasteiger partial charge in [-0.2, -0.15) is 0 Å². The molecule has 1 aromatic rings. The minimum absolute atomic E-state index is 0.0857. The van der Waals surface area contributed by atoms with Crippen molar-refractivity contribution in [2.75, 3.05) is 0 Å². The fraction of sp³-hybridized carbons (Fsp3) is 0.500. The third-order valence-electron chi connectivity index (χ3n) is 2.86. The highest BCUT2D eigenvalue weighted by molar-refractivity contribution is 9.10. The summed E-state index contributed by atoms with van der Waals surface area (Å²) in [7, 11) is 0. The molecule has 1 aromatic carbocycles. The summed E-state index contributed by atoms with van der Waals surface area (Å²) < 4.78 is 1.03. The third kappa shape index (κ3) is 4.65. The number of halogens is 1. The molecule has 0 aliphatic carbocycles. The number of thioether (sulfide) groups is 1. The summed E-state index contributed by atoms with van der Waals surface area (Å²) in [6.45, 7) is 8.10. The number of nitrogens with one attached hydrogen (secondary N) is 1. The molecule has 0 radical (unpaired) electrons. The lowest BCUT2D eigenvalue weighted by atomic mass is 10.0. The highest BCUT2D eigenvalue weighted by Crippen LogP contribution is 2.30. The van der Waals surface area contributed by atoms with Crippen molar-refractivity contribution in [2.24, 2.45) is 0 Å². The van der Waals surface area contributed by atoms with Crippen molar-refractivity contribution in [1.82, 2.24) is 5.32 Å². The quantitative estimate of drug-likeness (QED) is 0.819. The van der Waals surface area contributed by atoms with Crippen LogP contribution in [0.4, 0.5) is 0 Å². The van der Waals surface area contributed by atoms with Gasteiger partial charge in [-0.05, 0) is 55.3 Å². The minimum Gasteiger partial charge on any atom is -0.350 e. The number of carbonyl (C=O) groups is 1. The molecule has 1 N–H and O–H groups in total. The lowest BCUT2D eigenvalue weighted by Gasteiger charge is -2.26. The van der Waals surface area contributed by atoms with Crippen molar-refractivity contribution in [3.8, 4) is 0 Å². The molecular weight excluding hydrogens is 310 g/mol. The fourth-order valence-electron chi connectivity index (χ4n) is 1.31. The maximum Gasteiger partial charge on any atom is 0.233 e. The summed E-state index contributed by atoms with van der Waals surface area (Å²) in [5.41, 5.74) is -0.139. The van der Waals surface area contributed by atoms with Gasteiger partial charge in [-0.25, -0.2) is 0 Å². The monoisotopic (exact) mass is 329 g/mol. The number of rotatable bonds is 5. The molecule has 0 bridgehead atoms. The van der Waals surface area contributed by atoms with E-state index in [1.54, 1.807) is 11.8 Å². The maximum atomic E-state index is 12.1. The largest absolute Gasteiger partial charge is 0.350 e. The van der Waals surface area contributed by atoms with Gasteiger partial charge in [0.25, 0.3) is 0 Å². The van der Waals surface area contributed by atoms with Gasteiger partial charge >= 0.3 is 0 Å². The Morgan fingerprint density at radius 2 is 2.06 bits per heavy atom. The van der Waals surface area contributed by atoms with Crippen LogP contribution >= 0.6 is 27.7 Å². The van der Waals surface area contributed by atoms with Crippen LogP contribution in [0.1, 0.15) is 34.1 Å². The minimum atomic E-state index is -0.139. The van der Waals surface area contributed by atoms with E-state index in [4.69, 9.17) is 0 Å². The Morgan fingerprint density at radius 1 is 1.44 bits per heavy atom. The van der Waals surface area contributed by atoms with E-state index in [9.17, 15) is 4.79 Å². The van der Waals surface area contributed by atoms with Crippen molar-refractivity contribution >= 4 is 33.6 Å². The molecule has 100 valence electrons. The van der Waals surface area contributed by atoms with Gasteiger partial charge < -0.3 is 5.32 Å². The molecule has 0 saturated carbocycles. The molecule has 18 heavy (non-hydrogen) atoms. The van der Waals surface area contributed by atoms with Crippen molar-refractivity contribution < 1.29 is 4.79 Å². The molecule has 0 heterocycles. The molecule has 0 aliphatic heterocycles. The average molecular weight is 330 g/mol. The molecule has 4 heteroatoms. The zero-order valence-electron chi connectivity index (χ0n) is 11.3. The molecule has 0 saturated heterocycles. The Morgan fingerprint density at radius 3 is 2.61 bits per heavy atom. The standard InChI is InChI=1S/C14H20BrNOS/c1-5-14(3,4)16-13(17)10(2)18-12-9-7-6-8-11(12)15/h6-10H,5H2,1-4H3,(H,16,17). The first kappa shape index (κ1) is 15.6. The number of amides is 1. The van der Waals surface area contributed by atoms with E-state index in [0.717, 1.165) is 15.8 Å². The summed E-state index contributed by atoms with van der Waals surface area (Å²) in [6.07, 6.45) is 0.922. The van der Waals surface area contributed by atoms with Crippen LogP contribution in [0.25, 0.3) is 0 Å². The van der Waals surface area contributed by atoms with Crippen molar-refractivity contribution in [1.29, 1.82) is 0 Å². The molecule has 1 atom stereocenters. The molecular formula is C14H20BrNOS. The molecule has 0 spiro atoms. The third-order valence-corrected chi connectivity index (χ3v) is 4.99. The lowest BCUT2D eigenvalue weighted by molar-refractivity contribution is -0.121. The Hall–Kier alpha value is -0.480. The summed E-state index contributed by atoms with van der Waals surface area (Å²) in [5.74, 6) is 0.0857. The molecule has 1 rings (SSSR count). The van der Waals surface area contributed by atoms with Crippen LogP contribution in [0.3, 0.4) is 0 Å². The van der Waals surface area contributed by atoms with Gasteiger partial charge in [0.2, 0.25) is 5.91 Å². The second kappa shape index (κ2) is 6.62. The summed E-state index contributed by atoms with van der Waals surface area (Å²) in [4.78, 5) is 13.2. The second-order valence-corrected chi connectivity index (χ2v) is 7.15. The van der Waals surface area contributed by atoms with Crippen molar-refractivity contribution in [3.63, 3.8) is 0 Å². The Bertz CT molecular complexity index is 420. The van der Waals surface area contributed by atoms with Crippen LogP contribution in [0.2, 0.25) is 0 Å². The Balaban J connectivity index is 2.63. The van der Waals surface area contributed by atoms with E-state index in [1.165, 1.54) is 0 Å². The first-order chi connectivity index (χ1) is 8.35. The highest BCUT2D eigenvalue weighted by atomic mass is 79.9. The summed E-state index contributed by atoms with van der Waals surface area (Å²) >= 11 is 5.07. The first-order valence-corrected chi connectivity index (χ1v) is 7.76. The van der Waals surface area contributed by atoms with Gasteiger partial charge in [-0.3, -0.25) is 4.79 Å². The van der Waals surface area contributed by atoms with Gasteiger partial charge in [0.1, 0.15) is 0 Å². The van der Waals surface area contributed by atoms with Gasteiger partial charge in [0.05, 0.1) is 5.25 Å². The smallest absolute Gasteiger partial charge is 0.233 e. The zero-order chi connectivity index (χ0) is 13.8. The predicted molar refractivity (Wildman–Crippen MR) is 82.0 cm³/mol. The van der Waals surface area contributed by atoms with Gasteiger partial charge in [0, 0.05) is 14.9 Å². The van der Waals surface area contributed by atoms with Crippen LogP contribution < -0.4 is 5.32 Å². The van der Waals surface area contributed by atoms with Gasteiger partial charge in [-0.15, -0.1) is 11.8 Å². The molecule has 0 aromatic heterocycles. The fourth-order valence-corrected chi connectivity index (χ4v) is 2.76. The van der Waals surface area contributed by atoms with Crippen LogP contribution in [0.15, 0.2) is 33.6 Å². The van der Waals surface area contributed by atoms with Crippen LogP contribution in [-0.2, 0) is 4.79 Å². The second-order valence-electron chi connectivity index (χ2n) is 4.92. The molecule has 0 aliphatic rings. The summed E-state index contributed by atoms with van der Waals surface area (Å²) in [5, 5.41) is 2.97. The van der Waals surface area contributed by atoms with Crippen LogP contribution in [-0.4, -0.2) is 16.7 Å². The zero-order valence-corrected chi connectivity index (χ0v) is 13.7. The molecule has 1 unspecified atom stereocenters. The number of benzene rings is 1. The van der Waals surface area contributed by atoms with E-state index < -0.39 is 0 Å². The van der Waals surface area contributed by atoms with E-state index in [-0.39, 0.29) is 16.7 Å². The SMILES string of the molecule is CCC(C)(C)NC(=O)C(C)Sc1ccccc1Br. The number of carbonyl (C=O) groups excluding carboxylic acids is 1. The summed E-state index contributed by atoms with van der Waals surface area (Å²) in [6, 6.07) is 7.96. The molecule has 0 fully saturated rings. The molecule has 2 nitrogen and oxygen atoms in total. The van der Waals surface area contributed by atoms with E-state index in [1.807, 2.05) is 45.0 Å². The highest BCUT2D eigenvalue weighted by Gasteiger charge is 2.22. The van der Waals surface area contributed by atoms with E-state index in [0.29, 0.717) is 0 Å². The topological polar surface area (TPSA) is 29.1 Å². The van der Waals surface area contributed by atoms with Gasteiger partial charge in [0.15, 0.2) is 0 Å². The number of hydrogen-bond acceptors (Lipinski definition) is 2. The lowest BCUT2D eigenvalue weighted by Crippen LogP contribution is -2.46. The maximum absolute atomic E-state index is 12.1. The number of hydrogen-bond donors (Lipinski definition) is 1.